The van der Waals surface area contributed by atoms with E-state index in [1.165, 1.54) is 5.69 Å². The Morgan fingerprint density at radius 2 is 1.88 bits per heavy atom. The zero-order valence-corrected chi connectivity index (χ0v) is 19.1. The van der Waals surface area contributed by atoms with E-state index >= 15 is 0 Å². The number of hydrogen-bond acceptors (Lipinski definition) is 4. The quantitative estimate of drug-likeness (QED) is 0.273. The van der Waals surface area contributed by atoms with E-state index in [-0.39, 0.29) is 12.1 Å². The van der Waals surface area contributed by atoms with Crippen LogP contribution in [0.2, 0.25) is 0 Å². The van der Waals surface area contributed by atoms with Crippen molar-refractivity contribution in [2.75, 3.05) is 18.4 Å². The summed E-state index contributed by atoms with van der Waals surface area (Å²) in [5.74, 6) is 0.925. The molecule has 3 aromatic heterocycles. The van der Waals surface area contributed by atoms with Crippen LogP contribution in [-0.4, -0.2) is 32.7 Å². The van der Waals surface area contributed by atoms with Crippen molar-refractivity contribution in [3.8, 4) is 0 Å². The first kappa shape index (κ1) is 21.3. The second-order valence-electron chi connectivity index (χ2n) is 8.11. The normalized spacial score (nSPS) is 17.8. The Hall–Kier alpha value is -3.58. The molecule has 7 heteroatoms. The van der Waals surface area contributed by atoms with E-state index < -0.39 is 0 Å². The van der Waals surface area contributed by atoms with E-state index in [9.17, 15) is 0 Å². The van der Waals surface area contributed by atoms with Crippen LogP contribution in [0, 0.1) is 0 Å². The van der Waals surface area contributed by atoms with E-state index in [1.807, 2.05) is 48.7 Å². The fourth-order valence-corrected chi connectivity index (χ4v) is 4.75. The number of anilines is 1. The summed E-state index contributed by atoms with van der Waals surface area (Å²) in [6, 6.07) is 24.5. The molecule has 33 heavy (non-hydrogen) atoms. The van der Waals surface area contributed by atoms with Gasteiger partial charge in [0.05, 0.1) is 30.6 Å². The SMILES string of the molecule is S=C1N[C@H](c2ccccn2)[C@@H](c2cccn2Cc2ccco2)N1CCCNc1ccccc1. The van der Waals surface area contributed by atoms with Crippen molar-refractivity contribution in [3.05, 3.63) is 109 Å². The van der Waals surface area contributed by atoms with Crippen LogP contribution >= 0.6 is 12.2 Å². The molecule has 4 aromatic rings. The summed E-state index contributed by atoms with van der Waals surface area (Å²) in [5.41, 5.74) is 3.31. The van der Waals surface area contributed by atoms with Gasteiger partial charge in [-0.15, -0.1) is 0 Å². The number of aromatic nitrogens is 2. The number of thiocarbonyl (C=S) groups is 1. The minimum atomic E-state index is -0.0222. The Morgan fingerprint density at radius 3 is 2.67 bits per heavy atom. The second-order valence-corrected chi connectivity index (χ2v) is 8.49. The number of hydrogen-bond donors (Lipinski definition) is 2. The van der Waals surface area contributed by atoms with E-state index in [0.29, 0.717) is 6.54 Å². The van der Waals surface area contributed by atoms with Crippen LogP contribution in [0.1, 0.15) is 35.7 Å². The van der Waals surface area contributed by atoms with Gasteiger partial charge in [-0.25, -0.2) is 0 Å². The third kappa shape index (κ3) is 4.78. The molecule has 0 aliphatic carbocycles. The maximum Gasteiger partial charge on any atom is 0.170 e. The smallest absolute Gasteiger partial charge is 0.170 e. The highest BCUT2D eigenvalue weighted by atomic mass is 32.1. The summed E-state index contributed by atoms with van der Waals surface area (Å²) in [5, 5.41) is 7.80. The molecule has 0 bridgehead atoms. The number of nitrogens with zero attached hydrogens (tertiary/aromatic N) is 3. The molecule has 0 spiro atoms. The summed E-state index contributed by atoms with van der Waals surface area (Å²) >= 11 is 5.81. The third-order valence-corrected chi connectivity index (χ3v) is 6.30. The zero-order valence-electron chi connectivity index (χ0n) is 18.3. The minimum Gasteiger partial charge on any atom is -0.467 e. The summed E-state index contributed by atoms with van der Waals surface area (Å²) in [7, 11) is 0. The zero-order chi connectivity index (χ0) is 22.5. The summed E-state index contributed by atoms with van der Waals surface area (Å²) in [6.45, 7) is 2.39. The van der Waals surface area contributed by atoms with Gasteiger partial charge in [-0.05, 0) is 67.2 Å². The Labute approximate surface area is 199 Å². The van der Waals surface area contributed by atoms with Gasteiger partial charge in [0.1, 0.15) is 5.76 Å². The molecule has 1 saturated heterocycles. The molecule has 4 heterocycles. The van der Waals surface area contributed by atoms with E-state index in [2.05, 4.69) is 61.6 Å². The van der Waals surface area contributed by atoms with E-state index in [1.54, 1.807) is 6.26 Å². The average molecular weight is 458 g/mol. The van der Waals surface area contributed by atoms with Crippen LogP contribution in [0.4, 0.5) is 5.69 Å². The van der Waals surface area contributed by atoms with Crippen LogP contribution in [0.15, 0.2) is 95.9 Å². The highest BCUT2D eigenvalue weighted by Gasteiger charge is 2.40. The van der Waals surface area contributed by atoms with Crippen molar-refractivity contribution in [2.45, 2.75) is 25.0 Å². The predicted octanol–water partition coefficient (Wildman–Crippen LogP) is 5.00. The van der Waals surface area contributed by atoms with Gasteiger partial charge in [0, 0.05) is 36.9 Å². The van der Waals surface area contributed by atoms with Crippen molar-refractivity contribution >= 4 is 23.0 Å². The number of rotatable bonds is 9. The fourth-order valence-electron chi connectivity index (χ4n) is 4.42. The van der Waals surface area contributed by atoms with Crippen LogP contribution in [0.5, 0.6) is 0 Å². The maximum absolute atomic E-state index is 5.81. The van der Waals surface area contributed by atoms with Crippen molar-refractivity contribution in [1.29, 1.82) is 0 Å². The van der Waals surface area contributed by atoms with Crippen molar-refractivity contribution < 1.29 is 4.42 Å². The molecule has 1 fully saturated rings. The van der Waals surface area contributed by atoms with Gasteiger partial charge in [0.25, 0.3) is 0 Å². The maximum atomic E-state index is 5.81. The molecular formula is C26H27N5OS. The van der Waals surface area contributed by atoms with Crippen molar-refractivity contribution in [2.24, 2.45) is 0 Å². The van der Waals surface area contributed by atoms with Gasteiger partial charge in [-0.3, -0.25) is 4.98 Å². The Balaban J connectivity index is 1.37. The first-order valence-electron chi connectivity index (χ1n) is 11.2. The Morgan fingerprint density at radius 1 is 1.00 bits per heavy atom. The highest BCUT2D eigenvalue weighted by Crippen LogP contribution is 2.39. The average Bonchev–Trinajstić information content (AvgIpc) is 3.59. The monoisotopic (exact) mass is 457 g/mol. The second kappa shape index (κ2) is 9.92. The van der Waals surface area contributed by atoms with Crippen LogP contribution in [0.25, 0.3) is 0 Å². The standard InChI is InChI=1S/C26H27N5OS/c33-26-29-24(22-12-4-5-14-28-22)25(23-13-6-16-30(23)19-21-11-7-18-32-21)31(26)17-8-15-27-20-9-2-1-3-10-20/h1-7,9-14,16,18,24-25,27H,8,15,17,19H2,(H,29,33)/t24-,25-/m1/s1. The molecule has 1 aromatic carbocycles. The van der Waals surface area contributed by atoms with Crippen LogP contribution in [0.3, 0.4) is 0 Å². The van der Waals surface area contributed by atoms with Gasteiger partial charge in [-0.2, -0.15) is 0 Å². The third-order valence-electron chi connectivity index (χ3n) is 5.95. The lowest BCUT2D eigenvalue weighted by Crippen LogP contribution is -2.32. The van der Waals surface area contributed by atoms with Crippen molar-refractivity contribution in [3.63, 3.8) is 0 Å². The molecule has 168 valence electrons. The molecule has 0 radical (unpaired) electrons. The summed E-state index contributed by atoms with van der Waals surface area (Å²) in [4.78, 5) is 6.94. The van der Waals surface area contributed by atoms with Crippen LogP contribution in [-0.2, 0) is 6.54 Å². The first-order valence-corrected chi connectivity index (χ1v) is 11.6. The lowest BCUT2D eigenvalue weighted by atomic mass is 10.0. The van der Waals surface area contributed by atoms with Crippen LogP contribution < -0.4 is 10.6 Å². The number of benzene rings is 1. The Kier molecular flexibility index (Phi) is 6.39. The highest BCUT2D eigenvalue weighted by molar-refractivity contribution is 7.80. The van der Waals surface area contributed by atoms with Gasteiger partial charge in [0.2, 0.25) is 0 Å². The number of nitrogens with one attached hydrogen (secondary N) is 2. The molecule has 0 saturated carbocycles. The number of furan rings is 1. The van der Waals surface area contributed by atoms with E-state index in [0.717, 1.165) is 41.8 Å². The van der Waals surface area contributed by atoms with Crippen molar-refractivity contribution in [1.82, 2.24) is 19.8 Å². The minimum absolute atomic E-state index is 0.0222. The molecule has 6 nitrogen and oxygen atoms in total. The van der Waals surface area contributed by atoms with Gasteiger partial charge in [-0.1, -0.05) is 24.3 Å². The first-order chi connectivity index (χ1) is 16.3. The molecule has 1 aliphatic heterocycles. The molecular weight excluding hydrogens is 430 g/mol. The predicted molar refractivity (Wildman–Crippen MR) is 134 cm³/mol. The summed E-state index contributed by atoms with van der Waals surface area (Å²) < 4.78 is 7.85. The molecule has 0 amide bonds. The molecule has 2 N–H and O–H groups in total. The molecule has 5 rings (SSSR count). The largest absolute Gasteiger partial charge is 0.467 e. The number of pyridine rings is 1. The molecule has 2 atom stereocenters. The Bertz CT molecular complexity index is 1160. The molecule has 1 aliphatic rings. The van der Waals surface area contributed by atoms with Gasteiger partial charge < -0.3 is 24.5 Å². The lowest BCUT2D eigenvalue weighted by Gasteiger charge is -2.29. The van der Waals surface area contributed by atoms with Gasteiger partial charge >= 0.3 is 0 Å². The van der Waals surface area contributed by atoms with E-state index in [4.69, 9.17) is 16.6 Å². The number of para-hydroxylation sites is 1. The lowest BCUT2D eigenvalue weighted by molar-refractivity contribution is 0.302. The summed E-state index contributed by atoms with van der Waals surface area (Å²) in [6.07, 6.45) is 6.61. The molecule has 0 unspecified atom stereocenters. The topological polar surface area (TPSA) is 58.3 Å². The van der Waals surface area contributed by atoms with Gasteiger partial charge in [0.15, 0.2) is 5.11 Å². The fraction of sp³-hybridized carbons (Fsp3) is 0.231.